The van der Waals surface area contributed by atoms with Gasteiger partial charge in [0.25, 0.3) is 5.91 Å². The highest BCUT2D eigenvalue weighted by molar-refractivity contribution is 7.98. The molecule has 6 nitrogen and oxygen atoms in total. The number of carboxylic acid groups (broad SMARTS) is 1. The topological polar surface area (TPSA) is 92.2 Å². The van der Waals surface area contributed by atoms with Crippen LogP contribution in [0.3, 0.4) is 0 Å². The summed E-state index contributed by atoms with van der Waals surface area (Å²) in [4.78, 5) is 30.1. The number of alkyl halides is 3. The van der Waals surface area contributed by atoms with Crippen LogP contribution < -0.4 is 5.32 Å². The van der Waals surface area contributed by atoms with Crippen LogP contribution in [0.2, 0.25) is 5.02 Å². The number of aromatic nitrogens is 2. The van der Waals surface area contributed by atoms with Gasteiger partial charge in [-0.2, -0.15) is 13.2 Å². The van der Waals surface area contributed by atoms with Crippen molar-refractivity contribution in [2.75, 3.05) is 6.26 Å². The number of nitrogens with zero attached hydrogens (tertiary/aromatic N) is 2. The molecule has 0 aliphatic carbocycles. The normalized spacial score (nSPS) is 14.4. The second-order valence-electron chi connectivity index (χ2n) is 3.94. The molecule has 0 aliphatic rings. The fraction of sp³-hybridized carbons (Fsp3) is 0.400. The van der Waals surface area contributed by atoms with Crippen molar-refractivity contribution in [2.24, 2.45) is 0 Å². The molecular formula is C10H9ClF3N3O3S. The minimum atomic E-state index is -5.20. The number of rotatable bonds is 4. The van der Waals surface area contributed by atoms with Crippen molar-refractivity contribution in [3.63, 3.8) is 0 Å². The third-order valence-corrected chi connectivity index (χ3v) is 3.32. The van der Waals surface area contributed by atoms with Crippen molar-refractivity contribution in [1.29, 1.82) is 0 Å². The van der Waals surface area contributed by atoms with E-state index in [0.717, 1.165) is 18.0 Å². The first-order chi connectivity index (χ1) is 9.52. The highest BCUT2D eigenvalue weighted by Gasteiger charge is 2.58. The van der Waals surface area contributed by atoms with E-state index in [-0.39, 0.29) is 10.2 Å². The zero-order valence-electron chi connectivity index (χ0n) is 10.7. The number of nitrogens with one attached hydrogen (secondary N) is 1. The van der Waals surface area contributed by atoms with Crippen molar-refractivity contribution < 1.29 is 27.9 Å². The maximum atomic E-state index is 12.8. The van der Waals surface area contributed by atoms with Crippen LogP contribution in [-0.4, -0.2) is 44.9 Å². The molecule has 1 rings (SSSR count). The number of hydrogen-bond acceptors (Lipinski definition) is 5. The van der Waals surface area contributed by atoms with E-state index in [2.05, 4.69) is 9.97 Å². The molecule has 11 heteroatoms. The Bertz CT molecular complexity index is 584. The van der Waals surface area contributed by atoms with Crippen molar-refractivity contribution in [1.82, 2.24) is 15.3 Å². The Morgan fingerprint density at radius 1 is 1.43 bits per heavy atom. The number of hydrogen-bond donors (Lipinski definition) is 2. The van der Waals surface area contributed by atoms with Gasteiger partial charge < -0.3 is 10.4 Å². The van der Waals surface area contributed by atoms with Gasteiger partial charge in [-0.15, -0.1) is 0 Å². The van der Waals surface area contributed by atoms with Gasteiger partial charge in [0.15, 0.2) is 10.9 Å². The molecule has 1 aromatic rings. The monoisotopic (exact) mass is 343 g/mol. The van der Waals surface area contributed by atoms with Crippen LogP contribution in [0.1, 0.15) is 17.4 Å². The molecule has 0 radical (unpaired) electrons. The van der Waals surface area contributed by atoms with Gasteiger partial charge in [-0.25, -0.2) is 14.8 Å². The molecule has 0 bridgehead atoms. The maximum Gasteiger partial charge on any atom is 0.422 e. The minimum absolute atomic E-state index is 0.105. The molecule has 0 saturated heterocycles. The summed E-state index contributed by atoms with van der Waals surface area (Å²) in [7, 11) is 0. The molecule has 0 spiro atoms. The van der Waals surface area contributed by atoms with Crippen LogP contribution in [0.5, 0.6) is 0 Å². The highest BCUT2D eigenvalue weighted by atomic mass is 35.5. The number of thioether (sulfide) groups is 1. The molecule has 1 amide bonds. The number of amides is 1. The second kappa shape index (κ2) is 6.06. The molecule has 116 valence electrons. The van der Waals surface area contributed by atoms with Gasteiger partial charge in [-0.1, -0.05) is 23.4 Å². The maximum absolute atomic E-state index is 12.8. The van der Waals surface area contributed by atoms with E-state index in [1.54, 1.807) is 6.26 Å². The Morgan fingerprint density at radius 2 is 2.00 bits per heavy atom. The van der Waals surface area contributed by atoms with E-state index in [1.165, 1.54) is 5.32 Å². The molecule has 0 aliphatic heterocycles. The number of halogens is 4. The molecular weight excluding hydrogens is 335 g/mol. The lowest BCUT2D eigenvalue weighted by Crippen LogP contribution is -2.62. The fourth-order valence-corrected chi connectivity index (χ4v) is 1.66. The SMILES string of the molecule is CSc1ncc(Cl)c(C(=O)NC(C)(C(=O)O)C(F)(F)F)n1. The summed E-state index contributed by atoms with van der Waals surface area (Å²) < 4.78 is 38.4. The Labute approximate surface area is 126 Å². The lowest BCUT2D eigenvalue weighted by Gasteiger charge is -2.28. The zero-order valence-corrected chi connectivity index (χ0v) is 12.2. The van der Waals surface area contributed by atoms with Gasteiger partial charge in [0.05, 0.1) is 11.2 Å². The van der Waals surface area contributed by atoms with E-state index in [1.807, 2.05) is 0 Å². The smallest absolute Gasteiger partial charge is 0.422 e. The first kappa shape index (κ1) is 17.5. The molecule has 2 N–H and O–H groups in total. The van der Waals surface area contributed by atoms with Crippen LogP contribution >= 0.6 is 23.4 Å². The van der Waals surface area contributed by atoms with Crippen LogP contribution in [0, 0.1) is 0 Å². The average molecular weight is 344 g/mol. The van der Waals surface area contributed by atoms with Crippen molar-refractivity contribution in [3.8, 4) is 0 Å². The minimum Gasteiger partial charge on any atom is -0.479 e. The molecule has 1 heterocycles. The van der Waals surface area contributed by atoms with E-state index in [4.69, 9.17) is 16.7 Å². The Morgan fingerprint density at radius 3 is 2.43 bits per heavy atom. The van der Waals surface area contributed by atoms with E-state index >= 15 is 0 Å². The van der Waals surface area contributed by atoms with E-state index in [9.17, 15) is 22.8 Å². The first-order valence-electron chi connectivity index (χ1n) is 5.22. The molecule has 1 unspecified atom stereocenters. The number of carbonyl (C=O) groups is 2. The lowest BCUT2D eigenvalue weighted by atomic mass is 10.0. The van der Waals surface area contributed by atoms with Gasteiger partial charge in [0, 0.05) is 0 Å². The molecule has 1 aromatic heterocycles. The second-order valence-corrected chi connectivity index (χ2v) is 5.12. The lowest BCUT2D eigenvalue weighted by molar-refractivity contribution is -0.203. The average Bonchev–Trinajstić information content (AvgIpc) is 2.37. The van der Waals surface area contributed by atoms with Crippen LogP contribution in [0.15, 0.2) is 11.4 Å². The molecule has 0 saturated carbocycles. The predicted octanol–water partition coefficient (Wildman–Crippen LogP) is 1.99. The standard InChI is InChI=1S/C10H9ClF3N3O3S/c1-9(7(19)20,10(12,13)14)17-6(18)5-4(11)3-15-8(16-5)21-2/h3H,1-2H3,(H,17,18)(H,19,20). The fourth-order valence-electron chi connectivity index (χ4n) is 1.14. The van der Waals surface area contributed by atoms with Crippen molar-refractivity contribution >= 4 is 35.2 Å². The number of carbonyl (C=O) groups excluding carboxylic acids is 1. The van der Waals surface area contributed by atoms with Crippen LogP contribution in [0.4, 0.5) is 13.2 Å². The van der Waals surface area contributed by atoms with Gasteiger partial charge >= 0.3 is 12.1 Å². The van der Waals surface area contributed by atoms with Gasteiger partial charge in [-0.3, -0.25) is 4.79 Å². The Kier molecular flexibility index (Phi) is 5.05. The van der Waals surface area contributed by atoms with Crippen molar-refractivity contribution in [2.45, 2.75) is 23.8 Å². The number of carboxylic acids is 1. The van der Waals surface area contributed by atoms with Gasteiger partial charge in [0.2, 0.25) is 5.54 Å². The summed E-state index contributed by atoms with van der Waals surface area (Å²) >= 11 is 6.69. The van der Waals surface area contributed by atoms with Crippen LogP contribution in [-0.2, 0) is 4.79 Å². The Hall–Kier alpha value is -1.55. The summed E-state index contributed by atoms with van der Waals surface area (Å²) in [5.74, 6) is -3.61. The summed E-state index contributed by atoms with van der Waals surface area (Å²) in [6, 6.07) is 0. The molecule has 1 atom stereocenters. The zero-order chi connectivity index (χ0) is 16.4. The molecule has 0 fully saturated rings. The summed E-state index contributed by atoms with van der Waals surface area (Å²) in [6.07, 6.45) is -2.57. The first-order valence-corrected chi connectivity index (χ1v) is 6.82. The summed E-state index contributed by atoms with van der Waals surface area (Å²) in [6.45, 7) is 0.331. The Balaban J connectivity index is 3.18. The highest BCUT2D eigenvalue weighted by Crippen LogP contribution is 2.31. The van der Waals surface area contributed by atoms with E-state index in [0.29, 0.717) is 6.92 Å². The quantitative estimate of drug-likeness (QED) is 0.641. The van der Waals surface area contributed by atoms with Gasteiger partial charge in [0.1, 0.15) is 0 Å². The predicted molar refractivity (Wildman–Crippen MR) is 68.4 cm³/mol. The van der Waals surface area contributed by atoms with E-state index < -0.39 is 29.3 Å². The van der Waals surface area contributed by atoms with Crippen LogP contribution in [0.25, 0.3) is 0 Å². The largest absolute Gasteiger partial charge is 0.479 e. The molecule has 21 heavy (non-hydrogen) atoms. The molecule has 0 aromatic carbocycles. The number of aliphatic carboxylic acids is 1. The third kappa shape index (κ3) is 3.56. The van der Waals surface area contributed by atoms with Gasteiger partial charge in [-0.05, 0) is 13.2 Å². The summed E-state index contributed by atoms with van der Waals surface area (Å²) in [5.41, 5.74) is -3.99. The summed E-state index contributed by atoms with van der Waals surface area (Å²) in [5, 5.41) is 9.94. The van der Waals surface area contributed by atoms with Crippen molar-refractivity contribution in [3.05, 3.63) is 16.9 Å². The third-order valence-electron chi connectivity index (χ3n) is 2.48.